The fourth-order valence-corrected chi connectivity index (χ4v) is 4.74. The van der Waals surface area contributed by atoms with Crippen LogP contribution in [0.25, 0.3) is 10.9 Å². The number of rotatable bonds is 8. The maximum Gasteiger partial charge on any atom is 0.328 e. The minimum Gasteiger partial charge on any atom is -0.467 e. The average Bonchev–Trinajstić information content (AvgIpc) is 3.38. The van der Waals surface area contributed by atoms with E-state index in [1.165, 1.54) is 7.11 Å². The standard InChI is InChI=1S/C27H33N5O4/c1-18(2)24(27(33)34-3)30-26-20-8-4-5-9-21(20)28-23(29-26)16-32-13-11-31(12-14-32)15-19-7-6-10-22-25(19)36-17-35-22/h4-10,18,24H,11-17H2,1-3H3,(H,28,29,30)/t24-/m0/s1. The number of hydrogen-bond acceptors (Lipinski definition) is 9. The molecule has 0 amide bonds. The number of carbonyl (C=O) groups excluding carboxylic acids is 1. The van der Waals surface area contributed by atoms with Gasteiger partial charge in [0.25, 0.3) is 0 Å². The summed E-state index contributed by atoms with van der Waals surface area (Å²) in [6.45, 7) is 9.48. The summed E-state index contributed by atoms with van der Waals surface area (Å²) in [5.74, 6) is 2.85. The normalized spacial score (nSPS) is 16.9. The van der Waals surface area contributed by atoms with Crippen LogP contribution in [-0.4, -0.2) is 71.9 Å². The lowest BCUT2D eigenvalue weighted by atomic mass is 10.0. The summed E-state index contributed by atoms with van der Waals surface area (Å²) in [6, 6.07) is 13.5. The molecule has 1 aromatic heterocycles. The van der Waals surface area contributed by atoms with Crippen molar-refractivity contribution in [3.63, 3.8) is 0 Å². The molecule has 0 saturated carbocycles. The number of esters is 1. The Labute approximate surface area is 211 Å². The van der Waals surface area contributed by atoms with E-state index in [2.05, 4.69) is 21.2 Å². The number of aromatic nitrogens is 2. The number of para-hydroxylation sites is 2. The third kappa shape index (κ3) is 5.22. The Hall–Kier alpha value is -3.43. The molecule has 2 aliphatic rings. The van der Waals surface area contributed by atoms with E-state index < -0.39 is 6.04 Å². The van der Waals surface area contributed by atoms with Gasteiger partial charge in [-0.1, -0.05) is 38.1 Å². The predicted octanol–water partition coefficient (Wildman–Crippen LogP) is 3.29. The van der Waals surface area contributed by atoms with E-state index in [1.807, 2.05) is 50.2 Å². The topological polar surface area (TPSA) is 89.1 Å². The van der Waals surface area contributed by atoms with Crippen LogP contribution in [0.3, 0.4) is 0 Å². The first-order valence-corrected chi connectivity index (χ1v) is 12.4. The number of carbonyl (C=O) groups is 1. The first kappa shape index (κ1) is 24.3. The smallest absolute Gasteiger partial charge is 0.328 e. The van der Waals surface area contributed by atoms with Gasteiger partial charge in [-0.05, 0) is 24.1 Å². The Morgan fingerprint density at radius 1 is 1.00 bits per heavy atom. The monoisotopic (exact) mass is 491 g/mol. The van der Waals surface area contributed by atoms with Crippen LogP contribution < -0.4 is 14.8 Å². The van der Waals surface area contributed by atoms with Gasteiger partial charge in [-0.25, -0.2) is 14.8 Å². The molecule has 0 spiro atoms. The minimum absolute atomic E-state index is 0.0468. The van der Waals surface area contributed by atoms with Gasteiger partial charge in [0.05, 0.1) is 19.2 Å². The molecule has 1 N–H and O–H groups in total. The van der Waals surface area contributed by atoms with E-state index in [4.69, 9.17) is 24.2 Å². The van der Waals surface area contributed by atoms with E-state index in [0.29, 0.717) is 19.2 Å². The van der Waals surface area contributed by atoms with Gasteiger partial charge >= 0.3 is 5.97 Å². The molecule has 3 aromatic rings. The molecule has 2 aromatic carbocycles. The number of ether oxygens (including phenoxy) is 3. The third-order valence-electron chi connectivity index (χ3n) is 6.77. The Kier molecular flexibility index (Phi) is 7.20. The van der Waals surface area contributed by atoms with E-state index in [9.17, 15) is 4.79 Å². The van der Waals surface area contributed by atoms with Gasteiger partial charge in [0.15, 0.2) is 11.5 Å². The van der Waals surface area contributed by atoms with Gasteiger partial charge in [-0.15, -0.1) is 0 Å². The second-order valence-electron chi connectivity index (χ2n) is 9.60. The second kappa shape index (κ2) is 10.7. The molecule has 9 heteroatoms. The molecule has 3 heterocycles. The fourth-order valence-electron chi connectivity index (χ4n) is 4.74. The van der Waals surface area contributed by atoms with Crippen LogP contribution in [0.2, 0.25) is 0 Å². The number of piperazine rings is 1. The van der Waals surface area contributed by atoms with E-state index in [0.717, 1.165) is 66.5 Å². The predicted molar refractivity (Wildman–Crippen MR) is 137 cm³/mol. The number of fused-ring (bicyclic) bond motifs is 2. The van der Waals surface area contributed by atoms with Crippen molar-refractivity contribution in [1.82, 2.24) is 19.8 Å². The Balaban J connectivity index is 1.27. The molecule has 0 bridgehead atoms. The first-order valence-electron chi connectivity index (χ1n) is 12.4. The van der Waals surface area contributed by atoms with Crippen LogP contribution >= 0.6 is 0 Å². The molecule has 1 saturated heterocycles. The van der Waals surface area contributed by atoms with Crippen molar-refractivity contribution in [2.75, 3.05) is 45.4 Å². The van der Waals surface area contributed by atoms with E-state index in [-0.39, 0.29) is 11.9 Å². The van der Waals surface area contributed by atoms with Crippen molar-refractivity contribution in [3.05, 3.63) is 53.9 Å². The quantitative estimate of drug-likeness (QED) is 0.477. The maximum absolute atomic E-state index is 12.4. The SMILES string of the molecule is COC(=O)[C@@H](Nc1nc(CN2CCN(Cc3cccc4c3OCO4)CC2)nc2ccccc12)C(C)C. The molecule has 9 nitrogen and oxygen atoms in total. The molecular formula is C27H33N5O4. The van der Waals surface area contributed by atoms with Crippen LogP contribution in [0.4, 0.5) is 5.82 Å². The Bertz CT molecular complexity index is 1230. The van der Waals surface area contributed by atoms with Crippen molar-refractivity contribution in [1.29, 1.82) is 0 Å². The molecule has 190 valence electrons. The van der Waals surface area contributed by atoms with Crippen molar-refractivity contribution < 1.29 is 19.0 Å². The highest BCUT2D eigenvalue weighted by molar-refractivity contribution is 5.91. The van der Waals surface area contributed by atoms with Crippen molar-refractivity contribution in [2.45, 2.75) is 33.0 Å². The van der Waals surface area contributed by atoms with Gasteiger partial charge in [-0.2, -0.15) is 0 Å². The number of benzene rings is 2. The van der Waals surface area contributed by atoms with E-state index >= 15 is 0 Å². The summed E-state index contributed by atoms with van der Waals surface area (Å²) >= 11 is 0. The first-order chi connectivity index (χ1) is 17.5. The van der Waals surface area contributed by atoms with Crippen molar-refractivity contribution >= 4 is 22.7 Å². The summed E-state index contributed by atoms with van der Waals surface area (Å²) < 4.78 is 16.2. The zero-order valence-electron chi connectivity index (χ0n) is 21.1. The zero-order chi connectivity index (χ0) is 25.1. The highest BCUT2D eigenvalue weighted by Crippen LogP contribution is 2.36. The molecule has 0 aliphatic carbocycles. The van der Waals surface area contributed by atoms with Crippen LogP contribution in [-0.2, 0) is 22.6 Å². The largest absolute Gasteiger partial charge is 0.467 e. The Morgan fingerprint density at radius 2 is 1.75 bits per heavy atom. The minimum atomic E-state index is -0.487. The highest BCUT2D eigenvalue weighted by Gasteiger charge is 2.26. The summed E-state index contributed by atoms with van der Waals surface area (Å²) in [7, 11) is 1.41. The zero-order valence-corrected chi connectivity index (χ0v) is 21.1. The molecular weight excluding hydrogens is 458 g/mol. The molecule has 5 rings (SSSR count). The van der Waals surface area contributed by atoms with Gasteiger partial charge in [0.2, 0.25) is 6.79 Å². The molecule has 1 fully saturated rings. The summed E-state index contributed by atoms with van der Waals surface area (Å²) in [5.41, 5.74) is 2.02. The maximum atomic E-state index is 12.4. The summed E-state index contributed by atoms with van der Waals surface area (Å²) in [4.78, 5) is 26.8. The number of methoxy groups -OCH3 is 1. The van der Waals surface area contributed by atoms with Crippen molar-refractivity contribution in [2.24, 2.45) is 5.92 Å². The van der Waals surface area contributed by atoms with Gasteiger partial charge < -0.3 is 19.5 Å². The van der Waals surface area contributed by atoms with Crippen LogP contribution in [0.1, 0.15) is 25.2 Å². The van der Waals surface area contributed by atoms with Crippen molar-refractivity contribution in [3.8, 4) is 11.5 Å². The van der Waals surface area contributed by atoms with Gasteiger partial charge in [0.1, 0.15) is 17.7 Å². The van der Waals surface area contributed by atoms with E-state index in [1.54, 1.807) is 0 Å². The molecule has 2 aliphatic heterocycles. The highest BCUT2D eigenvalue weighted by atomic mass is 16.7. The average molecular weight is 492 g/mol. The number of hydrogen-bond donors (Lipinski definition) is 1. The summed E-state index contributed by atoms with van der Waals surface area (Å²) in [6.07, 6.45) is 0. The third-order valence-corrected chi connectivity index (χ3v) is 6.77. The lowest BCUT2D eigenvalue weighted by Gasteiger charge is -2.34. The Morgan fingerprint density at radius 3 is 2.50 bits per heavy atom. The fraction of sp³-hybridized carbons (Fsp3) is 0.444. The summed E-state index contributed by atoms with van der Waals surface area (Å²) in [5, 5.41) is 4.22. The number of nitrogens with one attached hydrogen (secondary N) is 1. The molecule has 0 radical (unpaired) electrons. The van der Waals surface area contributed by atoms with Crippen LogP contribution in [0, 0.1) is 5.92 Å². The number of nitrogens with zero attached hydrogens (tertiary/aromatic N) is 4. The van der Waals surface area contributed by atoms with Crippen LogP contribution in [0.15, 0.2) is 42.5 Å². The molecule has 1 atom stereocenters. The lowest BCUT2D eigenvalue weighted by molar-refractivity contribution is -0.142. The molecule has 0 unspecified atom stereocenters. The lowest BCUT2D eigenvalue weighted by Crippen LogP contribution is -2.45. The molecule has 36 heavy (non-hydrogen) atoms. The van der Waals surface area contributed by atoms with Gasteiger partial charge in [0, 0.05) is 43.7 Å². The van der Waals surface area contributed by atoms with Crippen LogP contribution in [0.5, 0.6) is 11.5 Å². The second-order valence-corrected chi connectivity index (χ2v) is 9.60. The number of anilines is 1. The van der Waals surface area contributed by atoms with Gasteiger partial charge in [-0.3, -0.25) is 9.80 Å².